The van der Waals surface area contributed by atoms with Crippen LogP contribution in [0.3, 0.4) is 0 Å². The van der Waals surface area contributed by atoms with E-state index >= 15 is 0 Å². The molecule has 0 fully saturated rings. The second kappa shape index (κ2) is 3.34. The molecular formula is C9H11NO2. The van der Waals surface area contributed by atoms with Gasteiger partial charge in [-0.1, -0.05) is 0 Å². The fourth-order valence-electron chi connectivity index (χ4n) is 0.866. The summed E-state index contributed by atoms with van der Waals surface area (Å²) in [6.07, 6.45) is 3.24. The molecule has 0 spiro atoms. The van der Waals surface area contributed by atoms with Gasteiger partial charge in [0.25, 0.3) is 0 Å². The van der Waals surface area contributed by atoms with Crippen molar-refractivity contribution in [2.75, 3.05) is 0 Å². The Hall–Kier alpha value is -1.38. The molecule has 0 unspecified atom stereocenters. The average Bonchev–Trinajstić information content (AvgIpc) is 2.16. The second-order valence-electron chi connectivity index (χ2n) is 2.90. The minimum atomic E-state index is -0.464. The molecule has 0 aliphatic carbocycles. The first-order valence-corrected chi connectivity index (χ1v) is 3.83. The van der Waals surface area contributed by atoms with Crippen LogP contribution in [-0.2, 0) is 0 Å². The van der Waals surface area contributed by atoms with Crippen molar-refractivity contribution in [3.8, 4) is 0 Å². The van der Waals surface area contributed by atoms with Gasteiger partial charge in [-0.3, -0.25) is 9.59 Å². The molecule has 0 aliphatic heterocycles. The first-order valence-electron chi connectivity index (χ1n) is 3.83. The van der Waals surface area contributed by atoms with Crippen LogP contribution in [0.15, 0.2) is 34.1 Å². The molecule has 0 amide bonds. The molecule has 0 bridgehead atoms. The molecule has 0 saturated carbocycles. The van der Waals surface area contributed by atoms with Gasteiger partial charge in [-0.2, -0.15) is 0 Å². The lowest BCUT2D eigenvalue weighted by atomic mass is 10.4. The molecule has 1 aromatic rings. The van der Waals surface area contributed by atoms with Gasteiger partial charge >= 0.3 is 0 Å². The van der Waals surface area contributed by atoms with E-state index in [1.807, 2.05) is 18.4 Å². The van der Waals surface area contributed by atoms with E-state index in [2.05, 4.69) is 0 Å². The molecule has 1 heterocycles. The van der Waals surface area contributed by atoms with Crippen molar-refractivity contribution in [1.29, 1.82) is 0 Å². The smallest absolute Gasteiger partial charge is 0.227 e. The van der Waals surface area contributed by atoms with E-state index in [0.29, 0.717) is 0 Å². The molecule has 1 rings (SSSR count). The average molecular weight is 165 g/mol. The standard InChI is InChI=1S/C9H11NO2/c1-7(2)10-5-3-8(11)9(12)4-6-10/h3-7H,1-2H3. The zero-order chi connectivity index (χ0) is 9.14. The lowest BCUT2D eigenvalue weighted by Crippen LogP contribution is -2.17. The Morgan fingerprint density at radius 2 is 1.50 bits per heavy atom. The van der Waals surface area contributed by atoms with Gasteiger partial charge in [0.2, 0.25) is 10.9 Å². The van der Waals surface area contributed by atoms with Crippen LogP contribution in [0.2, 0.25) is 0 Å². The lowest BCUT2D eigenvalue weighted by Gasteiger charge is -2.05. The maximum atomic E-state index is 10.9. The summed E-state index contributed by atoms with van der Waals surface area (Å²) in [5.41, 5.74) is -0.927. The summed E-state index contributed by atoms with van der Waals surface area (Å²) < 4.78 is 1.81. The minimum Gasteiger partial charge on any atom is -0.352 e. The minimum absolute atomic E-state index is 0.260. The Morgan fingerprint density at radius 1 is 1.08 bits per heavy atom. The van der Waals surface area contributed by atoms with E-state index in [1.165, 1.54) is 12.1 Å². The highest BCUT2D eigenvalue weighted by atomic mass is 16.2. The molecule has 0 radical (unpaired) electrons. The number of aromatic nitrogens is 1. The highest BCUT2D eigenvalue weighted by Crippen LogP contribution is 1.98. The molecule has 0 N–H and O–H groups in total. The zero-order valence-electron chi connectivity index (χ0n) is 7.15. The monoisotopic (exact) mass is 165 g/mol. The Kier molecular flexibility index (Phi) is 2.43. The SMILES string of the molecule is CC(C)n1ccc(=O)c(=O)cc1. The second-order valence-corrected chi connectivity index (χ2v) is 2.90. The van der Waals surface area contributed by atoms with Crippen molar-refractivity contribution in [3.05, 3.63) is 45.0 Å². The van der Waals surface area contributed by atoms with Gasteiger partial charge < -0.3 is 4.57 Å². The summed E-state index contributed by atoms with van der Waals surface area (Å²) >= 11 is 0. The van der Waals surface area contributed by atoms with Crippen molar-refractivity contribution in [2.24, 2.45) is 0 Å². The zero-order valence-corrected chi connectivity index (χ0v) is 7.15. The van der Waals surface area contributed by atoms with Gasteiger partial charge in [-0.05, 0) is 13.8 Å². The number of hydrogen-bond acceptors (Lipinski definition) is 2. The predicted molar refractivity (Wildman–Crippen MR) is 47.4 cm³/mol. The quantitative estimate of drug-likeness (QED) is 0.577. The van der Waals surface area contributed by atoms with Crippen LogP contribution >= 0.6 is 0 Å². The molecule has 3 nitrogen and oxygen atoms in total. The molecule has 1 aromatic heterocycles. The Bertz CT molecular complexity index is 346. The Morgan fingerprint density at radius 3 is 1.83 bits per heavy atom. The summed E-state index contributed by atoms with van der Waals surface area (Å²) in [6, 6.07) is 2.85. The van der Waals surface area contributed by atoms with Gasteiger partial charge in [0.15, 0.2) is 0 Å². The van der Waals surface area contributed by atoms with Gasteiger partial charge in [-0.25, -0.2) is 0 Å². The third-order valence-corrected chi connectivity index (χ3v) is 1.64. The normalized spacial score (nSPS) is 10.2. The predicted octanol–water partition coefficient (Wildman–Crippen LogP) is 0.789. The molecule has 12 heavy (non-hydrogen) atoms. The molecule has 3 heteroatoms. The van der Waals surface area contributed by atoms with Crippen molar-refractivity contribution in [2.45, 2.75) is 19.9 Å². The van der Waals surface area contributed by atoms with Gasteiger partial charge in [-0.15, -0.1) is 0 Å². The number of nitrogens with zero attached hydrogens (tertiary/aromatic N) is 1. The van der Waals surface area contributed by atoms with Crippen molar-refractivity contribution in [3.63, 3.8) is 0 Å². The van der Waals surface area contributed by atoms with Gasteiger partial charge in [0.1, 0.15) is 0 Å². The first-order chi connectivity index (χ1) is 5.61. The van der Waals surface area contributed by atoms with Crippen LogP contribution in [0.5, 0.6) is 0 Å². The summed E-state index contributed by atoms with van der Waals surface area (Å²) in [6.45, 7) is 3.96. The van der Waals surface area contributed by atoms with Crippen molar-refractivity contribution in [1.82, 2.24) is 4.57 Å². The lowest BCUT2D eigenvalue weighted by molar-refractivity contribution is 0.598. The van der Waals surface area contributed by atoms with Crippen LogP contribution in [0.25, 0.3) is 0 Å². The molecule has 0 aliphatic rings. The molecule has 0 aromatic carbocycles. The summed E-state index contributed by atoms with van der Waals surface area (Å²) in [5, 5.41) is 0. The van der Waals surface area contributed by atoms with Crippen LogP contribution < -0.4 is 10.9 Å². The molecule has 64 valence electrons. The topological polar surface area (TPSA) is 39.1 Å². The maximum Gasteiger partial charge on any atom is 0.227 e. The molecule has 0 saturated heterocycles. The van der Waals surface area contributed by atoms with Crippen molar-refractivity contribution < 1.29 is 0 Å². The Balaban J connectivity index is 3.36. The van der Waals surface area contributed by atoms with E-state index in [4.69, 9.17) is 0 Å². The Labute approximate surface area is 70.3 Å². The van der Waals surface area contributed by atoms with Crippen LogP contribution in [0.1, 0.15) is 19.9 Å². The third kappa shape index (κ3) is 1.81. The fraction of sp³-hybridized carbons (Fsp3) is 0.333. The van der Waals surface area contributed by atoms with E-state index < -0.39 is 10.9 Å². The van der Waals surface area contributed by atoms with E-state index in [-0.39, 0.29) is 6.04 Å². The molecular weight excluding hydrogens is 154 g/mol. The van der Waals surface area contributed by atoms with Crippen LogP contribution in [0.4, 0.5) is 0 Å². The van der Waals surface area contributed by atoms with E-state index in [9.17, 15) is 9.59 Å². The highest BCUT2D eigenvalue weighted by Gasteiger charge is 1.93. The highest BCUT2D eigenvalue weighted by molar-refractivity contribution is 4.96. The summed E-state index contributed by atoms with van der Waals surface area (Å²) in [5.74, 6) is 0. The summed E-state index contributed by atoms with van der Waals surface area (Å²) in [4.78, 5) is 21.7. The van der Waals surface area contributed by atoms with Gasteiger partial charge in [0, 0.05) is 30.6 Å². The fourth-order valence-corrected chi connectivity index (χ4v) is 0.866. The van der Waals surface area contributed by atoms with E-state index in [1.54, 1.807) is 12.4 Å². The van der Waals surface area contributed by atoms with Crippen LogP contribution in [0, 0.1) is 0 Å². The van der Waals surface area contributed by atoms with Crippen LogP contribution in [-0.4, -0.2) is 4.57 Å². The summed E-state index contributed by atoms with van der Waals surface area (Å²) in [7, 11) is 0. The third-order valence-electron chi connectivity index (χ3n) is 1.64. The largest absolute Gasteiger partial charge is 0.352 e. The number of hydrogen-bond donors (Lipinski definition) is 0. The molecule has 0 atom stereocenters. The first kappa shape index (κ1) is 8.71. The van der Waals surface area contributed by atoms with Crippen molar-refractivity contribution >= 4 is 0 Å². The van der Waals surface area contributed by atoms with Gasteiger partial charge in [0.05, 0.1) is 0 Å². The number of rotatable bonds is 1. The maximum absolute atomic E-state index is 10.9. The van der Waals surface area contributed by atoms with E-state index in [0.717, 1.165) is 0 Å².